The van der Waals surface area contributed by atoms with E-state index in [1.165, 1.54) is 12.1 Å². The average molecular weight is 273 g/mol. The second-order valence-electron chi connectivity index (χ2n) is 5.25. The molecule has 1 aliphatic rings. The number of Topliss-reactive ketones (excluding diaryl/α,β-unsaturated/α-hetero) is 1. The molecule has 1 aromatic carbocycles. The van der Waals surface area contributed by atoms with E-state index in [2.05, 4.69) is 17.3 Å². The Morgan fingerprint density at radius 2 is 2.00 bits per heavy atom. The van der Waals surface area contributed by atoms with Crippen LogP contribution in [0, 0.1) is 11.7 Å². The number of carbonyl (C=O) groups is 1. The van der Waals surface area contributed by atoms with Crippen molar-refractivity contribution in [2.75, 3.05) is 12.4 Å². The van der Waals surface area contributed by atoms with E-state index in [-0.39, 0.29) is 11.6 Å². The molecule has 1 atom stereocenters. The Morgan fingerprint density at radius 1 is 1.30 bits per heavy atom. The molecule has 0 saturated carbocycles. The molecule has 3 rings (SSSR count). The Balaban J connectivity index is 2.17. The van der Waals surface area contributed by atoms with Crippen molar-refractivity contribution in [3.8, 4) is 5.69 Å². The molecule has 2 aromatic rings. The lowest BCUT2D eigenvalue weighted by atomic mass is 9.88. The maximum absolute atomic E-state index is 13.0. The van der Waals surface area contributed by atoms with Crippen LogP contribution in [0.5, 0.6) is 0 Å². The van der Waals surface area contributed by atoms with Gasteiger partial charge in [0.25, 0.3) is 0 Å². The minimum absolute atomic E-state index is 0.122. The number of nitrogens with zero attached hydrogens (tertiary/aromatic N) is 2. The highest BCUT2D eigenvalue weighted by atomic mass is 19.1. The van der Waals surface area contributed by atoms with Crippen LogP contribution >= 0.6 is 0 Å². The third kappa shape index (κ3) is 1.99. The van der Waals surface area contributed by atoms with Crippen molar-refractivity contribution < 1.29 is 9.18 Å². The largest absolute Gasteiger partial charge is 0.371 e. The number of fused-ring (bicyclic) bond motifs is 1. The molecule has 104 valence electrons. The van der Waals surface area contributed by atoms with E-state index in [1.54, 1.807) is 23.9 Å². The van der Waals surface area contributed by atoms with Crippen LogP contribution in [0.2, 0.25) is 0 Å². The SMILES string of the molecule is CNc1nn(-c2ccc(F)cc2)c2c1C(=O)C[C@H](C)C2. The monoisotopic (exact) mass is 273 g/mol. The van der Waals surface area contributed by atoms with Crippen molar-refractivity contribution in [2.24, 2.45) is 5.92 Å². The molecule has 1 heterocycles. The molecule has 1 aliphatic carbocycles. The molecule has 0 amide bonds. The summed E-state index contributed by atoms with van der Waals surface area (Å²) in [5.41, 5.74) is 2.35. The molecule has 0 bridgehead atoms. The second-order valence-corrected chi connectivity index (χ2v) is 5.25. The average Bonchev–Trinajstić information content (AvgIpc) is 2.78. The van der Waals surface area contributed by atoms with E-state index in [9.17, 15) is 9.18 Å². The highest BCUT2D eigenvalue weighted by molar-refractivity contribution is 6.02. The van der Waals surface area contributed by atoms with Crippen LogP contribution in [-0.4, -0.2) is 22.6 Å². The Bertz CT molecular complexity index is 661. The van der Waals surface area contributed by atoms with Gasteiger partial charge in [-0.25, -0.2) is 9.07 Å². The normalized spacial score (nSPS) is 17.9. The van der Waals surface area contributed by atoms with Crippen molar-refractivity contribution in [1.82, 2.24) is 9.78 Å². The summed E-state index contributed by atoms with van der Waals surface area (Å²) in [5, 5.41) is 7.43. The van der Waals surface area contributed by atoms with Gasteiger partial charge in [0.1, 0.15) is 5.82 Å². The summed E-state index contributed by atoms with van der Waals surface area (Å²) in [6, 6.07) is 6.14. The van der Waals surface area contributed by atoms with Gasteiger partial charge in [-0.1, -0.05) is 6.92 Å². The highest BCUT2D eigenvalue weighted by Crippen LogP contribution is 2.32. The smallest absolute Gasteiger partial charge is 0.168 e. The van der Waals surface area contributed by atoms with Gasteiger partial charge < -0.3 is 5.32 Å². The zero-order valence-electron chi connectivity index (χ0n) is 11.5. The standard InChI is InChI=1S/C15H16FN3O/c1-9-7-12-14(13(20)8-9)15(17-2)18-19(12)11-5-3-10(16)4-6-11/h3-6,9H,7-8H2,1-2H3,(H,17,18)/t9-/m1/s1. The van der Waals surface area contributed by atoms with Crippen LogP contribution in [0.4, 0.5) is 10.2 Å². The first-order valence-electron chi connectivity index (χ1n) is 6.69. The molecule has 4 nitrogen and oxygen atoms in total. The van der Waals surface area contributed by atoms with E-state index < -0.39 is 0 Å². The number of hydrogen-bond acceptors (Lipinski definition) is 3. The summed E-state index contributed by atoms with van der Waals surface area (Å²) in [4.78, 5) is 12.2. The molecule has 20 heavy (non-hydrogen) atoms. The highest BCUT2D eigenvalue weighted by Gasteiger charge is 2.30. The Kier molecular flexibility index (Phi) is 3.04. The summed E-state index contributed by atoms with van der Waals surface area (Å²) >= 11 is 0. The van der Waals surface area contributed by atoms with Gasteiger partial charge in [0, 0.05) is 13.5 Å². The van der Waals surface area contributed by atoms with Crippen molar-refractivity contribution in [2.45, 2.75) is 19.8 Å². The van der Waals surface area contributed by atoms with Gasteiger partial charge in [0.2, 0.25) is 0 Å². The molecule has 0 aliphatic heterocycles. The fraction of sp³-hybridized carbons (Fsp3) is 0.333. The number of aromatic nitrogens is 2. The lowest BCUT2D eigenvalue weighted by molar-refractivity contribution is 0.0953. The summed E-state index contributed by atoms with van der Waals surface area (Å²) in [6.45, 7) is 2.06. The number of anilines is 1. The maximum Gasteiger partial charge on any atom is 0.168 e. The summed E-state index contributed by atoms with van der Waals surface area (Å²) in [6.07, 6.45) is 1.35. The maximum atomic E-state index is 13.0. The Labute approximate surface area is 116 Å². The van der Waals surface area contributed by atoms with Gasteiger partial charge in [-0.3, -0.25) is 4.79 Å². The molecule has 5 heteroatoms. The Morgan fingerprint density at radius 3 is 2.65 bits per heavy atom. The lowest BCUT2D eigenvalue weighted by Gasteiger charge is -2.19. The molecule has 1 aromatic heterocycles. The number of rotatable bonds is 2. The molecule has 0 unspecified atom stereocenters. The van der Waals surface area contributed by atoms with Crippen molar-refractivity contribution in [3.63, 3.8) is 0 Å². The van der Waals surface area contributed by atoms with Crippen LogP contribution < -0.4 is 5.32 Å². The summed E-state index contributed by atoms with van der Waals surface area (Å²) in [5.74, 6) is 0.737. The zero-order valence-corrected chi connectivity index (χ0v) is 11.5. The molecule has 0 fully saturated rings. The molecular formula is C15H16FN3O. The van der Waals surface area contributed by atoms with Crippen LogP contribution in [0.1, 0.15) is 29.4 Å². The van der Waals surface area contributed by atoms with E-state index in [1.807, 2.05) is 0 Å². The number of nitrogens with one attached hydrogen (secondary N) is 1. The third-order valence-corrected chi connectivity index (χ3v) is 3.64. The molecule has 0 radical (unpaired) electrons. The van der Waals surface area contributed by atoms with Crippen molar-refractivity contribution >= 4 is 11.6 Å². The number of halogens is 1. The van der Waals surface area contributed by atoms with Crippen LogP contribution in [0.3, 0.4) is 0 Å². The minimum atomic E-state index is -0.284. The van der Waals surface area contributed by atoms with Gasteiger partial charge in [-0.05, 0) is 36.6 Å². The predicted octanol–water partition coefficient (Wildman–Crippen LogP) is 2.82. The van der Waals surface area contributed by atoms with E-state index in [4.69, 9.17) is 0 Å². The number of carbonyl (C=O) groups excluding carboxylic acids is 1. The van der Waals surface area contributed by atoms with Crippen LogP contribution in [0.25, 0.3) is 5.69 Å². The quantitative estimate of drug-likeness (QED) is 0.915. The van der Waals surface area contributed by atoms with Gasteiger partial charge >= 0.3 is 0 Å². The second kappa shape index (κ2) is 4.74. The molecule has 1 N–H and O–H groups in total. The molecule has 0 saturated heterocycles. The van der Waals surface area contributed by atoms with Gasteiger partial charge in [-0.15, -0.1) is 5.10 Å². The van der Waals surface area contributed by atoms with Crippen LogP contribution in [0.15, 0.2) is 24.3 Å². The third-order valence-electron chi connectivity index (χ3n) is 3.64. The minimum Gasteiger partial charge on any atom is -0.371 e. The van der Waals surface area contributed by atoms with Gasteiger partial charge in [0.05, 0.1) is 16.9 Å². The molecular weight excluding hydrogens is 257 g/mol. The topological polar surface area (TPSA) is 46.9 Å². The first kappa shape index (κ1) is 12.8. The zero-order chi connectivity index (χ0) is 14.3. The summed E-state index contributed by atoms with van der Waals surface area (Å²) < 4.78 is 14.8. The van der Waals surface area contributed by atoms with E-state index >= 15 is 0 Å². The van der Waals surface area contributed by atoms with Gasteiger partial charge in [0.15, 0.2) is 11.6 Å². The van der Waals surface area contributed by atoms with Gasteiger partial charge in [-0.2, -0.15) is 0 Å². The van der Waals surface area contributed by atoms with E-state index in [0.717, 1.165) is 17.8 Å². The summed E-state index contributed by atoms with van der Waals surface area (Å²) in [7, 11) is 1.75. The predicted molar refractivity (Wildman–Crippen MR) is 74.9 cm³/mol. The fourth-order valence-electron chi connectivity index (χ4n) is 2.73. The number of benzene rings is 1. The molecule has 0 spiro atoms. The fourth-order valence-corrected chi connectivity index (χ4v) is 2.73. The Hall–Kier alpha value is -2.17. The first-order valence-corrected chi connectivity index (χ1v) is 6.69. The van der Waals surface area contributed by atoms with E-state index in [0.29, 0.717) is 23.7 Å². The first-order chi connectivity index (χ1) is 9.60. The number of hydrogen-bond donors (Lipinski definition) is 1. The number of ketones is 1. The van der Waals surface area contributed by atoms with Crippen molar-refractivity contribution in [1.29, 1.82) is 0 Å². The van der Waals surface area contributed by atoms with Crippen molar-refractivity contribution in [3.05, 3.63) is 41.3 Å². The van der Waals surface area contributed by atoms with Crippen LogP contribution in [-0.2, 0) is 6.42 Å². The lowest BCUT2D eigenvalue weighted by Crippen LogP contribution is -2.19.